The fourth-order valence-electron chi connectivity index (χ4n) is 3.61. The van der Waals surface area contributed by atoms with Gasteiger partial charge in [0.25, 0.3) is 0 Å². The van der Waals surface area contributed by atoms with Crippen molar-refractivity contribution >= 4 is 40.9 Å². The minimum atomic E-state index is -7.66. The van der Waals surface area contributed by atoms with Crippen LogP contribution in [0.5, 0.6) is 5.75 Å². The maximum atomic E-state index is 14.6. The van der Waals surface area contributed by atoms with Crippen LogP contribution < -0.4 is 10.1 Å². The fourth-order valence-corrected chi connectivity index (χ4v) is 4.07. The molecule has 2 amide bonds. The molecule has 1 unspecified atom stereocenters. The number of urea groups is 1. The molecule has 0 aliphatic heterocycles. The van der Waals surface area contributed by atoms with E-state index in [9.17, 15) is 63.0 Å². The van der Waals surface area contributed by atoms with E-state index < -0.39 is 67.7 Å². The molecule has 1 atom stereocenters. The van der Waals surface area contributed by atoms with Crippen LogP contribution >= 0.6 is 23.2 Å². The molecule has 7 nitrogen and oxygen atoms in total. The predicted octanol–water partition coefficient (Wildman–Crippen LogP) is 8.04. The number of benzene rings is 2. The average molecular weight is 723 g/mol. The van der Waals surface area contributed by atoms with Crippen LogP contribution in [0.4, 0.5) is 58.8 Å². The molecule has 0 radical (unpaired) electrons. The Bertz CT molecular complexity index is 1360. The van der Waals surface area contributed by atoms with Crippen molar-refractivity contribution in [3.63, 3.8) is 0 Å². The van der Waals surface area contributed by atoms with E-state index in [0.717, 1.165) is 18.2 Å². The molecule has 0 saturated carbocycles. The maximum Gasteiger partial charge on any atom is 0.460 e. The molecule has 258 valence electrons. The van der Waals surface area contributed by atoms with Gasteiger partial charge < -0.3 is 24.8 Å². The lowest BCUT2D eigenvalue weighted by molar-refractivity contribution is -0.422. The van der Waals surface area contributed by atoms with E-state index in [4.69, 9.17) is 32.7 Å². The summed E-state index contributed by atoms with van der Waals surface area (Å²) < 4.78 is 160. The van der Waals surface area contributed by atoms with Gasteiger partial charge in [-0.2, -0.15) is 48.3 Å². The number of amides is 2. The van der Waals surface area contributed by atoms with Gasteiger partial charge >= 0.3 is 41.9 Å². The molecule has 46 heavy (non-hydrogen) atoms. The van der Waals surface area contributed by atoms with Gasteiger partial charge in [0.15, 0.2) is 6.10 Å². The fraction of sp³-hybridized carbons (Fsp3) is 0.462. The van der Waals surface area contributed by atoms with E-state index in [2.05, 4.69) is 0 Å². The second kappa shape index (κ2) is 14.7. The highest BCUT2D eigenvalue weighted by molar-refractivity contribution is 6.36. The number of alkyl halides is 11. The Morgan fingerprint density at radius 1 is 0.891 bits per heavy atom. The summed E-state index contributed by atoms with van der Waals surface area (Å²) in [4.78, 5) is 23.7. The number of carbonyl (C=O) groups is 2. The number of hydrogen-bond donors (Lipinski definition) is 2. The number of ether oxygens (including phenoxy) is 2. The summed E-state index contributed by atoms with van der Waals surface area (Å²) in [5, 5.41) is 10.8. The Labute approximate surface area is 263 Å². The van der Waals surface area contributed by atoms with Crippen LogP contribution in [0.15, 0.2) is 42.5 Å². The number of carboxylic acids is 1. The molecule has 0 aliphatic carbocycles. The van der Waals surface area contributed by atoms with E-state index in [1.807, 2.05) is 5.32 Å². The van der Waals surface area contributed by atoms with Crippen molar-refractivity contribution in [3.8, 4) is 5.75 Å². The molecule has 0 aromatic heterocycles. The van der Waals surface area contributed by atoms with Gasteiger partial charge in [0.05, 0.1) is 23.8 Å². The maximum absolute atomic E-state index is 14.6. The third-order valence-corrected chi connectivity index (χ3v) is 6.62. The Morgan fingerprint density at radius 2 is 1.48 bits per heavy atom. The number of nitrogens with zero attached hydrogens (tertiary/aromatic N) is 1. The van der Waals surface area contributed by atoms with Crippen LogP contribution in [0.3, 0.4) is 0 Å². The molecule has 2 aromatic carbocycles. The van der Waals surface area contributed by atoms with E-state index in [0.29, 0.717) is 5.56 Å². The van der Waals surface area contributed by atoms with Crippen molar-refractivity contribution in [3.05, 3.63) is 58.1 Å². The number of hydrogen-bond acceptors (Lipinski definition) is 4. The molecule has 20 heteroatoms. The number of carbonyl (C=O) groups excluding carboxylic acids is 1. The summed E-state index contributed by atoms with van der Waals surface area (Å²) in [6.07, 6.45) is -8.62. The zero-order chi connectivity index (χ0) is 35.3. The van der Waals surface area contributed by atoms with Crippen molar-refractivity contribution in [2.45, 2.75) is 49.3 Å². The van der Waals surface area contributed by atoms with Crippen LogP contribution in [-0.2, 0) is 16.0 Å². The van der Waals surface area contributed by atoms with Crippen molar-refractivity contribution in [1.29, 1.82) is 0 Å². The number of aliphatic carboxylic acids is 1. The van der Waals surface area contributed by atoms with Gasteiger partial charge in [0.2, 0.25) is 0 Å². The average Bonchev–Trinajstić information content (AvgIpc) is 2.93. The number of carboxylic acid groups (broad SMARTS) is 1. The Balaban J connectivity index is 2.31. The summed E-state index contributed by atoms with van der Waals surface area (Å²) in [6.45, 7) is -3.11. The first-order chi connectivity index (χ1) is 21.0. The smallest absolute Gasteiger partial charge is 0.460 e. The lowest BCUT2D eigenvalue weighted by atomic mass is 9.97. The van der Waals surface area contributed by atoms with E-state index in [1.165, 1.54) is 24.3 Å². The molecule has 0 spiro atoms. The molecular weight excluding hydrogens is 700 g/mol. The summed E-state index contributed by atoms with van der Waals surface area (Å²) >= 11 is 11.6. The topological polar surface area (TPSA) is 88.1 Å². The first kappa shape index (κ1) is 38.9. The highest BCUT2D eigenvalue weighted by Gasteiger charge is 2.87. The van der Waals surface area contributed by atoms with Crippen LogP contribution in [-0.4, -0.2) is 84.3 Å². The van der Waals surface area contributed by atoms with E-state index in [-0.39, 0.29) is 39.4 Å². The van der Waals surface area contributed by atoms with E-state index in [1.54, 1.807) is 6.92 Å². The summed E-state index contributed by atoms with van der Waals surface area (Å²) in [6, 6.07) is 6.69. The molecule has 0 bridgehead atoms. The summed E-state index contributed by atoms with van der Waals surface area (Å²) in [7, 11) is 0. The Hall–Kier alpha value is -3.25. The van der Waals surface area contributed by atoms with Crippen LogP contribution in [0.2, 0.25) is 10.0 Å². The van der Waals surface area contributed by atoms with Gasteiger partial charge in [-0.15, -0.1) is 0 Å². The van der Waals surface area contributed by atoms with E-state index >= 15 is 0 Å². The van der Waals surface area contributed by atoms with Crippen molar-refractivity contribution in [2.24, 2.45) is 0 Å². The number of nitrogens with one attached hydrogen (secondary N) is 1. The highest BCUT2D eigenvalue weighted by Crippen LogP contribution is 2.57. The van der Waals surface area contributed by atoms with Crippen molar-refractivity contribution in [2.75, 3.05) is 31.6 Å². The zero-order valence-corrected chi connectivity index (χ0v) is 24.6. The highest BCUT2D eigenvalue weighted by atomic mass is 35.5. The van der Waals surface area contributed by atoms with Gasteiger partial charge in [0, 0.05) is 18.1 Å². The largest absolute Gasteiger partial charge is 0.492 e. The van der Waals surface area contributed by atoms with Crippen LogP contribution in [0, 0.1) is 0 Å². The zero-order valence-electron chi connectivity index (χ0n) is 23.1. The molecule has 2 rings (SSSR count). The van der Waals surface area contributed by atoms with Crippen molar-refractivity contribution < 1.29 is 72.5 Å². The second-order valence-corrected chi connectivity index (χ2v) is 10.2. The first-order valence-electron chi connectivity index (χ1n) is 12.6. The number of halogens is 13. The monoisotopic (exact) mass is 722 g/mol. The van der Waals surface area contributed by atoms with Gasteiger partial charge in [-0.25, -0.2) is 9.59 Å². The number of rotatable bonds is 15. The number of anilines is 1. The van der Waals surface area contributed by atoms with Gasteiger partial charge in [-0.05, 0) is 42.8 Å². The SMILES string of the molecule is CCOC(Cc1ccc(OCCN(CC(F)(F)C(F)(F)C(F)(F)C(F)(F)C(F)(F)F)C(=O)Nc2ccc(Cl)cc2Cl)cc1)C(=O)O. The molecular formula is C26H23Cl2F11N2O5. The van der Waals surface area contributed by atoms with Gasteiger partial charge in [-0.1, -0.05) is 35.3 Å². The van der Waals surface area contributed by atoms with Crippen LogP contribution in [0.25, 0.3) is 0 Å². The first-order valence-corrected chi connectivity index (χ1v) is 13.4. The van der Waals surface area contributed by atoms with Gasteiger partial charge in [-0.3, -0.25) is 0 Å². The quantitative estimate of drug-likeness (QED) is 0.182. The minimum Gasteiger partial charge on any atom is -0.492 e. The van der Waals surface area contributed by atoms with Crippen LogP contribution in [0.1, 0.15) is 12.5 Å². The summed E-state index contributed by atoms with van der Waals surface area (Å²) in [5.41, 5.74) is 0.0702. The third-order valence-electron chi connectivity index (χ3n) is 6.07. The van der Waals surface area contributed by atoms with Crippen molar-refractivity contribution in [1.82, 2.24) is 4.90 Å². The third kappa shape index (κ3) is 8.76. The molecule has 0 saturated heterocycles. The normalized spacial score (nSPS) is 13.7. The molecule has 0 aliphatic rings. The Morgan fingerprint density at radius 3 is 1.98 bits per heavy atom. The summed E-state index contributed by atoms with van der Waals surface area (Å²) in [5.74, 6) is -30.3. The molecule has 0 heterocycles. The molecule has 0 fully saturated rings. The Kier molecular flexibility index (Phi) is 12.4. The lowest BCUT2D eigenvalue weighted by Crippen LogP contribution is -2.68. The van der Waals surface area contributed by atoms with Gasteiger partial charge in [0.1, 0.15) is 12.4 Å². The standard InChI is InChI=1S/C26H23Cl2F11N2O5/c1-2-45-19(20(42)43)11-14-3-6-16(7-4-14)46-10-9-41(21(44)40-18-8-5-15(27)12-17(18)28)13-22(29,30)23(31,32)24(33,34)25(35,36)26(37,38)39/h3-8,12,19H,2,9-11,13H2,1H3,(H,40,44)(H,42,43). The molecule has 2 aromatic rings. The predicted molar refractivity (Wildman–Crippen MR) is 142 cm³/mol. The lowest BCUT2D eigenvalue weighted by Gasteiger charge is -2.38. The molecule has 2 N–H and O–H groups in total. The second-order valence-electron chi connectivity index (χ2n) is 9.38. The minimum absolute atomic E-state index is 0.0228.